The van der Waals surface area contributed by atoms with Crippen LogP contribution in [0.5, 0.6) is 0 Å². The molecule has 0 spiro atoms. The van der Waals surface area contributed by atoms with E-state index >= 15 is 0 Å². The van der Waals surface area contributed by atoms with Crippen molar-refractivity contribution in [2.45, 2.75) is 38.3 Å². The summed E-state index contributed by atoms with van der Waals surface area (Å²) in [5.41, 5.74) is 4.48. The number of benzene rings is 2. The first kappa shape index (κ1) is 27.8. The highest BCUT2D eigenvalue weighted by molar-refractivity contribution is 5.85. The minimum Gasteiger partial charge on any atom is -0.358 e. The number of rotatable bonds is 11. The minimum atomic E-state index is -0.348. The first-order chi connectivity index (χ1) is 20.5. The summed E-state index contributed by atoms with van der Waals surface area (Å²) >= 11 is 0. The number of fused-ring (bicyclic) bond motifs is 4. The number of hydrogen-bond donors (Lipinski definition) is 0. The normalized spacial score (nSPS) is 19.0. The zero-order valence-electron chi connectivity index (χ0n) is 23.9. The third-order valence-electron chi connectivity index (χ3n) is 9.00. The van der Waals surface area contributed by atoms with E-state index in [0.717, 1.165) is 60.8 Å². The predicted octanol–water partition coefficient (Wildman–Crippen LogP) is 5.75. The Balaban J connectivity index is 1.17. The van der Waals surface area contributed by atoms with Crippen molar-refractivity contribution in [2.24, 2.45) is 11.8 Å². The summed E-state index contributed by atoms with van der Waals surface area (Å²) in [6.07, 6.45) is 6.43. The summed E-state index contributed by atoms with van der Waals surface area (Å²) < 4.78 is 16.7. The number of imidazole rings is 1. The van der Waals surface area contributed by atoms with Crippen molar-refractivity contribution in [3.8, 4) is 6.07 Å². The lowest BCUT2D eigenvalue weighted by Gasteiger charge is -2.49. The molecule has 3 heterocycles. The van der Waals surface area contributed by atoms with Crippen molar-refractivity contribution in [2.75, 3.05) is 31.6 Å². The molecule has 1 fully saturated rings. The molecule has 42 heavy (non-hydrogen) atoms. The number of halogens is 1. The first-order valence-electron chi connectivity index (χ1n) is 14.6. The van der Waals surface area contributed by atoms with Gasteiger partial charge < -0.3 is 9.47 Å². The Labute approximate surface area is 245 Å². The van der Waals surface area contributed by atoms with E-state index in [0.29, 0.717) is 41.4 Å². The molecule has 214 valence electrons. The van der Waals surface area contributed by atoms with Gasteiger partial charge in [0.1, 0.15) is 23.7 Å². The Bertz CT molecular complexity index is 1670. The number of nitriles is 1. The number of aryl methyl sites for hydroxylation is 2. The second kappa shape index (κ2) is 11.9. The number of aldehydes is 1. The van der Waals surface area contributed by atoms with Gasteiger partial charge in [0.25, 0.3) is 0 Å². The number of pyridine rings is 1. The lowest BCUT2D eigenvalue weighted by Crippen LogP contribution is -2.49. The first-order valence-corrected chi connectivity index (χ1v) is 14.6. The molecule has 1 aliphatic heterocycles. The van der Waals surface area contributed by atoms with Crippen LogP contribution in [0, 0.1) is 29.0 Å². The molecule has 4 aromatic rings. The highest BCUT2D eigenvalue weighted by atomic mass is 19.1. The fraction of sp³-hybridized carbons (Fsp3) is 0.353. The Hall–Kier alpha value is -4.35. The zero-order valence-corrected chi connectivity index (χ0v) is 23.9. The summed E-state index contributed by atoms with van der Waals surface area (Å²) in [6, 6.07) is 18.6. The Morgan fingerprint density at radius 3 is 2.74 bits per heavy atom. The maximum atomic E-state index is 14.4. The highest BCUT2D eigenvalue weighted by Gasteiger charge is 2.46. The maximum Gasteiger partial charge on any atom is 0.150 e. The molecule has 3 atom stereocenters. The second-order valence-electron chi connectivity index (χ2n) is 11.5. The van der Waals surface area contributed by atoms with Gasteiger partial charge in [-0.1, -0.05) is 18.2 Å². The van der Waals surface area contributed by atoms with E-state index in [1.807, 2.05) is 48.5 Å². The molecule has 2 aliphatic rings. The molecule has 0 N–H and O–H groups in total. The number of carbonyl (C=O) groups is 1. The predicted molar refractivity (Wildman–Crippen MR) is 162 cm³/mol. The van der Waals surface area contributed by atoms with Gasteiger partial charge in [0.15, 0.2) is 0 Å². The number of anilines is 1. The van der Waals surface area contributed by atoms with Crippen LogP contribution in [0.15, 0.2) is 67.3 Å². The van der Waals surface area contributed by atoms with Crippen LogP contribution in [0.25, 0.3) is 11.0 Å². The van der Waals surface area contributed by atoms with Crippen LogP contribution in [0.3, 0.4) is 0 Å². The van der Waals surface area contributed by atoms with Crippen molar-refractivity contribution in [3.05, 3.63) is 101 Å². The molecule has 0 saturated heterocycles. The Morgan fingerprint density at radius 1 is 1.12 bits per heavy atom. The van der Waals surface area contributed by atoms with Crippen molar-refractivity contribution in [3.63, 3.8) is 0 Å². The van der Waals surface area contributed by atoms with Gasteiger partial charge in [-0.25, -0.2) is 14.4 Å². The maximum absolute atomic E-state index is 14.4. The number of nitrogens with zero attached hydrogens (tertiary/aromatic N) is 6. The van der Waals surface area contributed by atoms with Gasteiger partial charge in [-0.05, 0) is 85.5 Å². The molecule has 1 aliphatic carbocycles. The van der Waals surface area contributed by atoms with Crippen LogP contribution in [-0.2, 0) is 19.4 Å². The van der Waals surface area contributed by atoms with E-state index < -0.39 is 0 Å². The molecule has 3 unspecified atom stereocenters. The molecule has 2 aromatic heterocycles. The standard InChI is InChI=1S/C34H35FN6O/c1-3-15-40(33-28-13-11-26(28)21-41-31-19-24(22-42)8-14-30(31)38-34(33)41)17-16-39(2)32-6-4-5-27(37-32)12-10-25-9-7-23(20-36)18-29(25)35/h3-9,14,18-19,22,26,28,33H,1,10-13,15-17,21H2,2H3. The summed E-state index contributed by atoms with van der Waals surface area (Å²) in [5.74, 6) is 2.80. The van der Waals surface area contributed by atoms with Crippen LogP contribution in [0.2, 0.25) is 0 Å². The second-order valence-corrected chi connectivity index (χ2v) is 11.5. The Kier molecular flexibility index (Phi) is 7.86. The molecule has 0 bridgehead atoms. The third-order valence-corrected chi connectivity index (χ3v) is 9.00. The van der Waals surface area contributed by atoms with Crippen LogP contribution < -0.4 is 4.90 Å². The molecule has 0 amide bonds. The van der Waals surface area contributed by atoms with Gasteiger partial charge in [0, 0.05) is 44.5 Å². The number of hydrogen-bond acceptors (Lipinski definition) is 6. The molecule has 6 rings (SSSR count). The lowest BCUT2D eigenvalue weighted by atomic mass is 9.67. The van der Waals surface area contributed by atoms with E-state index in [1.165, 1.54) is 18.9 Å². The summed E-state index contributed by atoms with van der Waals surface area (Å²) in [5, 5.41) is 8.99. The fourth-order valence-corrected chi connectivity index (χ4v) is 6.55. The number of likely N-dealkylation sites (N-methyl/N-ethyl adjacent to an activating group) is 1. The van der Waals surface area contributed by atoms with Gasteiger partial charge in [-0.3, -0.25) is 9.69 Å². The number of carbonyl (C=O) groups excluding carboxylic acids is 1. The van der Waals surface area contributed by atoms with Gasteiger partial charge >= 0.3 is 0 Å². The van der Waals surface area contributed by atoms with Gasteiger partial charge in [0.2, 0.25) is 0 Å². The SMILES string of the molecule is C=CCN(CCN(C)c1cccc(CCc2ccc(C#N)cc2F)n1)C1c2nc3ccc(C=O)cc3n2CC2CCC21. The monoisotopic (exact) mass is 562 g/mol. The van der Waals surface area contributed by atoms with Gasteiger partial charge in [-0.15, -0.1) is 6.58 Å². The fourth-order valence-electron chi connectivity index (χ4n) is 6.55. The summed E-state index contributed by atoms with van der Waals surface area (Å²) in [6.45, 7) is 7.37. The van der Waals surface area contributed by atoms with E-state index in [2.05, 4.69) is 28.0 Å². The molecule has 7 nitrogen and oxygen atoms in total. The third kappa shape index (κ3) is 5.33. The minimum absolute atomic E-state index is 0.192. The van der Waals surface area contributed by atoms with Crippen molar-refractivity contribution in [1.29, 1.82) is 5.26 Å². The summed E-state index contributed by atoms with van der Waals surface area (Å²) in [7, 11) is 2.06. The average Bonchev–Trinajstić information content (AvgIpc) is 3.36. The lowest BCUT2D eigenvalue weighted by molar-refractivity contribution is 0.0128. The van der Waals surface area contributed by atoms with Gasteiger partial charge in [-0.2, -0.15) is 5.26 Å². The largest absolute Gasteiger partial charge is 0.358 e. The van der Waals surface area contributed by atoms with E-state index in [-0.39, 0.29) is 11.9 Å². The molecule has 8 heteroatoms. The van der Waals surface area contributed by atoms with Crippen molar-refractivity contribution < 1.29 is 9.18 Å². The molecule has 1 saturated carbocycles. The Morgan fingerprint density at radius 2 is 2.00 bits per heavy atom. The summed E-state index contributed by atoms with van der Waals surface area (Å²) in [4.78, 5) is 26.1. The van der Waals surface area contributed by atoms with E-state index in [4.69, 9.17) is 15.2 Å². The van der Waals surface area contributed by atoms with Crippen LogP contribution in [0.1, 0.15) is 51.9 Å². The smallest absolute Gasteiger partial charge is 0.150 e. The molecule has 0 radical (unpaired) electrons. The average molecular weight is 563 g/mol. The van der Waals surface area contributed by atoms with Crippen LogP contribution >= 0.6 is 0 Å². The zero-order chi connectivity index (χ0) is 29.2. The van der Waals surface area contributed by atoms with Gasteiger partial charge in [0.05, 0.1) is 28.7 Å². The molecular weight excluding hydrogens is 527 g/mol. The van der Waals surface area contributed by atoms with Crippen molar-refractivity contribution in [1.82, 2.24) is 19.4 Å². The number of aromatic nitrogens is 3. The molecular formula is C34H35FN6O. The van der Waals surface area contributed by atoms with Crippen LogP contribution in [0.4, 0.5) is 10.2 Å². The van der Waals surface area contributed by atoms with Crippen molar-refractivity contribution >= 4 is 23.1 Å². The van der Waals surface area contributed by atoms with E-state index in [9.17, 15) is 9.18 Å². The van der Waals surface area contributed by atoms with E-state index in [1.54, 1.807) is 12.1 Å². The topological polar surface area (TPSA) is 78.1 Å². The quantitative estimate of drug-likeness (QED) is 0.171. The molecule has 2 aromatic carbocycles. The van der Waals surface area contributed by atoms with Crippen LogP contribution in [-0.4, -0.2) is 52.4 Å². The highest BCUT2D eigenvalue weighted by Crippen LogP contribution is 2.50.